The molecule has 0 bridgehead atoms. The molecule has 0 aromatic heterocycles. The number of allylic oxidation sites excluding steroid dienone is 1. The second-order valence-corrected chi connectivity index (χ2v) is 3.49. The highest BCUT2D eigenvalue weighted by atomic mass is 14.4. The SMILES string of the molecule is C=CCCCC1(C)CC1. The van der Waals surface area contributed by atoms with E-state index in [-0.39, 0.29) is 0 Å². The normalized spacial score (nSPS) is 21.4. The Morgan fingerprint density at radius 3 is 2.67 bits per heavy atom. The summed E-state index contributed by atoms with van der Waals surface area (Å²) in [5, 5.41) is 0. The molecule has 52 valence electrons. The number of rotatable bonds is 4. The fourth-order valence-electron chi connectivity index (χ4n) is 1.14. The van der Waals surface area contributed by atoms with Crippen molar-refractivity contribution < 1.29 is 0 Å². The van der Waals surface area contributed by atoms with E-state index in [4.69, 9.17) is 0 Å². The number of hydrogen-bond acceptors (Lipinski definition) is 0. The molecule has 0 saturated heterocycles. The van der Waals surface area contributed by atoms with Crippen LogP contribution < -0.4 is 0 Å². The Kier molecular flexibility index (Phi) is 1.94. The van der Waals surface area contributed by atoms with Crippen LogP contribution in [0.15, 0.2) is 12.7 Å². The van der Waals surface area contributed by atoms with Crippen molar-refractivity contribution in [1.82, 2.24) is 0 Å². The van der Waals surface area contributed by atoms with Crippen LogP contribution in [0.3, 0.4) is 0 Å². The van der Waals surface area contributed by atoms with E-state index >= 15 is 0 Å². The molecule has 0 N–H and O–H groups in total. The molecule has 0 nitrogen and oxygen atoms in total. The van der Waals surface area contributed by atoms with E-state index in [9.17, 15) is 0 Å². The van der Waals surface area contributed by atoms with Gasteiger partial charge in [-0.15, -0.1) is 6.58 Å². The van der Waals surface area contributed by atoms with E-state index in [0.29, 0.717) is 0 Å². The second-order valence-electron chi connectivity index (χ2n) is 3.49. The molecule has 0 aromatic carbocycles. The van der Waals surface area contributed by atoms with Crippen LogP contribution in [0.5, 0.6) is 0 Å². The zero-order chi connectivity index (χ0) is 6.74. The van der Waals surface area contributed by atoms with Crippen molar-refractivity contribution in [1.29, 1.82) is 0 Å². The molecule has 1 aliphatic rings. The highest BCUT2D eigenvalue weighted by Gasteiger charge is 2.35. The maximum absolute atomic E-state index is 3.70. The van der Waals surface area contributed by atoms with Crippen molar-refractivity contribution in [2.24, 2.45) is 5.41 Å². The third-order valence-electron chi connectivity index (χ3n) is 2.29. The molecule has 0 amide bonds. The Bertz CT molecular complexity index is 98.6. The molecule has 1 rings (SSSR count). The van der Waals surface area contributed by atoms with E-state index < -0.39 is 0 Å². The van der Waals surface area contributed by atoms with E-state index in [1.54, 1.807) is 0 Å². The highest BCUT2D eigenvalue weighted by Crippen LogP contribution is 2.49. The van der Waals surface area contributed by atoms with Crippen LogP contribution in [-0.2, 0) is 0 Å². The first kappa shape index (κ1) is 6.85. The lowest BCUT2D eigenvalue weighted by molar-refractivity contribution is 0.498. The zero-order valence-corrected chi connectivity index (χ0v) is 6.32. The predicted molar refractivity (Wildman–Crippen MR) is 41.4 cm³/mol. The lowest BCUT2D eigenvalue weighted by Crippen LogP contribution is -1.90. The minimum Gasteiger partial charge on any atom is -0.103 e. The molecule has 0 spiro atoms. The highest BCUT2D eigenvalue weighted by molar-refractivity contribution is 4.88. The average Bonchev–Trinajstić information content (AvgIpc) is 2.50. The third-order valence-corrected chi connectivity index (χ3v) is 2.29. The smallest absolute Gasteiger partial charge is 0.0325 e. The molecule has 0 unspecified atom stereocenters. The van der Waals surface area contributed by atoms with Gasteiger partial charge >= 0.3 is 0 Å². The first-order valence-corrected chi connectivity index (χ1v) is 3.88. The lowest BCUT2D eigenvalue weighted by Gasteiger charge is -2.04. The molecule has 1 aliphatic carbocycles. The molecule has 0 radical (unpaired) electrons. The van der Waals surface area contributed by atoms with Gasteiger partial charge in [-0.05, 0) is 37.5 Å². The van der Waals surface area contributed by atoms with E-state index in [0.717, 1.165) is 5.41 Å². The summed E-state index contributed by atoms with van der Waals surface area (Å²) in [6.45, 7) is 6.09. The summed E-state index contributed by atoms with van der Waals surface area (Å²) >= 11 is 0. The van der Waals surface area contributed by atoms with Crippen molar-refractivity contribution in [3.05, 3.63) is 12.7 Å². The first-order chi connectivity index (χ1) is 4.27. The van der Waals surface area contributed by atoms with Gasteiger partial charge in [-0.1, -0.05) is 13.0 Å². The molecule has 0 aromatic rings. The van der Waals surface area contributed by atoms with Gasteiger partial charge in [-0.3, -0.25) is 0 Å². The van der Waals surface area contributed by atoms with Crippen molar-refractivity contribution >= 4 is 0 Å². The van der Waals surface area contributed by atoms with Gasteiger partial charge in [0.05, 0.1) is 0 Å². The monoisotopic (exact) mass is 124 g/mol. The van der Waals surface area contributed by atoms with Crippen LogP contribution in [0.25, 0.3) is 0 Å². The summed E-state index contributed by atoms with van der Waals surface area (Å²) in [5.41, 5.74) is 0.753. The van der Waals surface area contributed by atoms with Crippen molar-refractivity contribution in [3.8, 4) is 0 Å². The third kappa shape index (κ3) is 2.21. The first-order valence-electron chi connectivity index (χ1n) is 3.88. The molecule has 0 heterocycles. The minimum absolute atomic E-state index is 0.753. The second kappa shape index (κ2) is 2.55. The fourth-order valence-corrected chi connectivity index (χ4v) is 1.14. The number of hydrogen-bond donors (Lipinski definition) is 0. The molecule has 0 aliphatic heterocycles. The Hall–Kier alpha value is -0.260. The molecular weight excluding hydrogens is 108 g/mol. The summed E-state index contributed by atoms with van der Waals surface area (Å²) in [7, 11) is 0. The average molecular weight is 124 g/mol. The predicted octanol–water partition coefficient (Wildman–Crippen LogP) is 3.14. The molecule has 1 fully saturated rings. The largest absolute Gasteiger partial charge is 0.103 e. The van der Waals surface area contributed by atoms with Crippen LogP contribution in [0.1, 0.15) is 39.0 Å². The zero-order valence-electron chi connectivity index (χ0n) is 6.32. The Morgan fingerprint density at radius 1 is 1.56 bits per heavy atom. The minimum atomic E-state index is 0.753. The topological polar surface area (TPSA) is 0 Å². The molecule has 1 saturated carbocycles. The van der Waals surface area contributed by atoms with Crippen molar-refractivity contribution in [2.45, 2.75) is 39.0 Å². The van der Waals surface area contributed by atoms with Crippen molar-refractivity contribution in [2.75, 3.05) is 0 Å². The summed E-state index contributed by atoms with van der Waals surface area (Å²) < 4.78 is 0. The van der Waals surface area contributed by atoms with Crippen LogP contribution in [0, 0.1) is 5.41 Å². The molecule has 0 heteroatoms. The maximum Gasteiger partial charge on any atom is -0.0325 e. The summed E-state index contributed by atoms with van der Waals surface area (Å²) in [6, 6.07) is 0. The standard InChI is InChI=1S/C9H16/c1-3-4-5-6-9(2)7-8-9/h3H,1,4-8H2,2H3. The molecular formula is C9H16. The van der Waals surface area contributed by atoms with Crippen molar-refractivity contribution in [3.63, 3.8) is 0 Å². The van der Waals surface area contributed by atoms with Gasteiger partial charge in [-0.25, -0.2) is 0 Å². The van der Waals surface area contributed by atoms with Gasteiger partial charge < -0.3 is 0 Å². The summed E-state index contributed by atoms with van der Waals surface area (Å²) in [5.74, 6) is 0. The van der Waals surface area contributed by atoms with Crippen LogP contribution in [0.4, 0.5) is 0 Å². The maximum atomic E-state index is 3.70. The number of unbranched alkanes of at least 4 members (excludes halogenated alkanes) is 1. The van der Waals surface area contributed by atoms with Gasteiger partial charge in [0.2, 0.25) is 0 Å². The van der Waals surface area contributed by atoms with E-state index in [1.165, 1.54) is 32.1 Å². The van der Waals surface area contributed by atoms with Gasteiger partial charge in [0.25, 0.3) is 0 Å². The van der Waals surface area contributed by atoms with E-state index in [2.05, 4.69) is 13.5 Å². The van der Waals surface area contributed by atoms with Crippen LogP contribution in [0.2, 0.25) is 0 Å². The van der Waals surface area contributed by atoms with Gasteiger partial charge in [0, 0.05) is 0 Å². The quantitative estimate of drug-likeness (QED) is 0.399. The summed E-state index contributed by atoms with van der Waals surface area (Å²) in [6.07, 6.45) is 8.91. The molecule has 9 heavy (non-hydrogen) atoms. The lowest BCUT2D eigenvalue weighted by atomic mass is 10.0. The van der Waals surface area contributed by atoms with Gasteiger partial charge in [-0.2, -0.15) is 0 Å². The molecule has 0 atom stereocenters. The Morgan fingerprint density at radius 2 is 2.22 bits per heavy atom. The Labute approximate surface area is 58.0 Å². The van der Waals surface area contributed by atoms with Gasteiger partial charge in [0.15, 0.2) is 0 Å². The van der Waals surface area contributed by atoms with Gasteiger partial charge in [0.1, 0.15) is 0 Å². The Balaban J connectivity index is 1.98. The van der Waals surface area contributed by atoms with Crippen LogP contribution >= 0.6 is 0 Å². The van der Waals surface area contributed by atoms with E-state index in [1.807, 2.05) is 6.08 Å². The fraction of sp³-hybridized carbons (Fsp3) is 0.778. The summed E-state index contributed by atoms with van der Waals surface area (Å²) in [4.78, 5) is 0. The van der Waals surface area contributed by atoms with Crippen LogP contribution in [-0.4, -0.2) is 0 Å².